The number of aliphatic carboxylic acids is 1. The van der Waals surface area contributed by atoms with Gasteiger partial charge in [0.2, 0.25) is 0 Å². The molecule has 2 heterocycles. The lowest BCUT2D eigenvalue weighted by Crippen LogP contribution is -2.44. The highest BCUT2D eigenvalue weighted by Gasteiger charge is 2.39. The van der Waals surface area contributed by atoms with E-state index in [2.05, 4.69) is 10.1 Å². The normalized spacial score (nSPS) is 15.8. The highest BCUT2D eigenvalue weighted by molar-refractivity contribution is 6.07. The van der Waals surface area contributed by atoms with E-state index in [-0.39, 0.29) is 11.9 Å². The molecule has 2 aromatic rings. The van der Waals surface area contributed by atoms with Gasteiger partial charge in [0, 0.05) is 11.7 Å². The summed E-state index contributed by atoms with van der Waals surface area (Å²) in [5, 5.41) is 13.7. The Hall–Kier alpha value is -2.44. The molecule has 1 aliphatic rings. The van der Waals surface area contributed by atoms with Gasteiger partial charge in [0.05, 0.1) is 16.6 Å². The van der Waals surface area contributed by atoms with Crippen molar-refractivity contribution in [2.24, 2.45) is 0 Å². The molecule has 3 rings (SSSR count). The molecule has 0 aromatic carbocycles. The molecule has 0 saturated heterocycles. The van der Waals surface area contributed by atoms with Gasteiger partial charge in [-0.1, -0.05) is 5.16 Å². The van der Waals surface area contributed by atoms with Crippen molar-refractivity contribution in [2.45, 2.75) is 45.7 Å². The third-order valence-electron chi connectivity index (χ3n) is 3.93. The Kier molecular flexibility index (Phi) is 3.35. The number of aryl methyl sites for hydroxylation is 2. The number of carboxylic acid groups (broad SMARTS) is 1. The number of carbonyl (C=O) groups excluding carboxylic acids is 1. The Morgan fingerprint density at radius 3 is 2.68 bits per heavy atom. The number of hydrogen-bond acceptors (Lipinski definition) is 5. The molecule has 7 nitrogen and oxygen atoms in total. The van der Waals surface area contributed by atoms with E-state index in [1.165, 1.54) is 11.8 Å². The molecular weight excluding hydrogens is 286 g/mol. The van der Waals surface area contributed by atoms with Crippen LogP contribution in [-0.4, -0.2) is 44.1 Å². The van der Waals surface area contributed by atoms with Crippen LogP contribution in [0.2, 0.25) is 0 Å². The van der Waals surface area contributed by atoms with Crippen molar-refractivity contribution in [3.63, 3.8) is 0 Å². The van der Waals surface area contributed by atoms with Crippen LogP contribution in [-0.2, 0) is 4.79 Å². The average Bonchev–Trinajstić information content (AvgIpc) is 3.22. The van der Waals surface area contributed by atoms with Crippen molar-refractivity contribution < 1.29 is 19.2 Å². The third kappa shape index (κ3) is 2.32. The topological polar surface area (TPSA) is 96.5 Å². The summed E-state index contributed by atoms with van der Waals surface area (Å²) in [4.78, 5) is 29.9. The summed E-state index contributed by atoms with van der Waals surface area (Å²) in [7, 11) is 0. The molecular formula is C15H17N3O4. The van der Waals surface area contributed by atoms with E-state index in [1.807, 2.05) is 0 Å². The Morgan fingerprint density at radius 2 is 2.09 bits per heavy atom. The first kappa shape index (κ1) is 14.5. The fourth-order valence-electron chi connectivity index (χ4n) is 2.66. The number of carbonyl (C=O) groups is 2. The van der Waals surface area contributed by atoms with Gasteiger partial charge in [-0.15, -0.1) is 0 Å². The fourth-order valence-corrected chi connectivity index (χ4v) is 2.66. The lowest BCUT2D eigenvalue weighted by Gasteiger charge is -2.26. The van der Waals surface area contributed by atoms with E-state index >= 15 is 0 Å². The van der Waals surface area contributed by atoms with E-state index in [9.17, 15) is 14.7 Å². The number of hydrogen-bond donors (Lipinski definition) is 1. The Balaban J connectivity index is 2.10. The van der Waals surface area contributed by atoms with Crippen LogP contribution < -0.4 is 0 Å². The second-order valence-corrected chi connectivity index (χ2v) is 5.72. The second kappa shape index (κ2) is 5.08. The van der Waals surface area contributed by atoms with Gasteiger partial charge in [-0.3, -0.25) is 4.79 Å². The van der Waals surface area contributed by atoms with Crippen LogP contribution in [0, 0.1) is 13.8 Å². The van der Waals surface area contributed by atoms with Crippen LogP contribution in [0.4, 0.5) is 0 Å². The summed E-state index contributed by atoms with van der Waals surface area (Å²) < 4.78 is 5.14. The molecule has 0 aliphatic heterocycles. The predicted octanol–water partition coefficient (Wildman–Crippen LogP) is 1.92. The largest absolute Gasteiger partial charge is 0.480 e. The molecule has 7 heteroatoms. The summed E-state index contributed by atoms with van der Waals surface area (Å²) in [6.45, 7) is 5.03. The maximum atomic E-state index is 13.0. The molecule has 0 radical (unpaired) electrons. The summed E-state index contributed by atoms with van der Waals surface area (Å²) in [6.07, 6.45) is 1.67. The van der Waals surface area contributed by atoms with Gasteiger partial charge in [0.25, 0.3) is 11.6 Å². The standard InChI is InChI=1S/C15H17N3O4/c1-7-6-11(12-8(2)17-22-13(12)16-7)14(19)18(10-4-5-10)9(3)15(20)21/h6,9-10H,4-5H2,1-3H3,(H,20,21). The van der Waals surface area contributed by atoms with E-state index in [4.69, 9.17) is 4.52 Å². The van der Waals surface area contributed by atoms with Gasteiger partial charge in [-0.05, 0) is 39.7 Å². The molecule has 1 fully saturated rings. The maximum Gasteiger partial charge on any atom is 0.326 e. The molecule has 1 atom stereocenters. The van der Waals surface area contributed by atoms with Crippen molar-refractivity contribution in [2.75, 3.05) is 0 Å². The van der Waals surface area contributed by atoms with Crippen LogP contribution in [0.25, 0.3) is 11.1 Å². The van der Waals surface area contributed by atoms with Crippen molar-refractivity contribution >= 4 is 23.0 Å². The summed E-state index contributed by atoms with van der Waals surface area (Å²) >= 11 is 0. The molecule has 1 unspecified atom stereocenters. The lowest BCUT2D eigenvalue weighted by molar-refractivity contribution is -0.141. The molecule has 2 aromatic heterocycles. The van der Waals surface area contributed by atoms with Crippen LogP contribution in [0.1, 0.15) is 41.5 Å². The zero-order chi connectivity index (χ0) is 16.0. The van der Waals surface area contributed by atoms with Crippen LogP contribution in [0.5, 0.6) is 0 Å². The van der Waals surface area contributed by atoms with E-state index in [0.29, 0.717) is 28.1 Å². The average molecular weight is 303 g/mol. The fraction of sp³-hybridized carbons (Fsp3) is 0.467. The number of rotatable bonds is 4. The number of nitrogens with zero attached hydrogens (tertiary/aromatic N) is 3. The Labute approximate surface area is 126 Å². The zero-order valence-corrected chi connectivity index (χ0v) is 12.7. The molecule has 116 valence electrons. The number of carboxylic acids is 1. The van der Waals surface area contributed by atoms with E-state index in [0.717, 1.165) is 12.8 Å². The number of amides is 1. The van der Waals surface area contributed by atoms with Crippen molar-refractivity contribution in [1.29, 1.82) is 0 Å². The van der Waals surface area contributed by atoms with Crippen molar-refractivity contribution in [3.8, 4) is 0 Å². The molecule has 1 saturated carbocycles. The molecule has 1 amide bonds. The monoisotopic (exact) mass is 303 g/mol. The van der Waals surface area contributed by atoms with Gasteiger partial charge in [0.15, 0.2) is 0 Å². The maximum absolute atomic E-state index is 13.0. The first-order chi connectivity index (χ1) is 10.4. The van der Waals surface area contributed by atoms with Crippen LogP contribution in [0.3, 0.4) is 0 Å². The van der Waals surface area contributed by atoms with Crippen molar-refractivity contribution in [1.82, 2.24) is 15.0 Å². The predicted molar refractivity (Wildman–Crippen MR) is 77.6 cm³/mol. The first-order valence-corrected chi connectivity index (χ1v) is 7.19. The molecule has 0 bridgehead atoms. The Morgan fingerprint density at radius 1 is 1.41 bits per heavy atom. The Bertz CT molecular complexity index is 763. The van der Waals surface area contributed by atoms with Gasteiger partial charge in [0.1, 0.15) is 6.04 Å². The number of fused-ring (bicyclic) bond motifs is 1. The summed E-state index contributed by atoms with van der Waals surface area (Å²) in [6, 6.07) is 0.782. The van der Waals surface area contributed by atoms with Gasteiger partial charge < -0.3 is 14.5 Å². The molecule has 0 spiro atoms. The number of aromatic nitrogens is 2. The SMILES string of the molecule is Cc1cc(C(=O)N(C2CC2)C(C)C(=O)O)c2c(C)noc2n1. The molecule has 1 aliphatic carbocycles. The second-order valence-electron chi connectivity index (χ2n) is 5.72. The molecule has 22 heavy (non-hydrogen) atoms. The molecule has 1 N–H and O–H groups in total. The van der Waals surface area contributed by atoms with Gasteiger partial charge in [-0.2, -0.15) is 0 Å². The van der Waals surface area contributed by atoms with Gasteiger partial charge >= 0.3 is 5.97 Å². The summed E-state index contributed by atoms with van der Waals surface area (Å²) in [5.41, 5.74) is 1.91. The lowest BCUT2D eigenvalue weighted by atomic mass is 10.1. The van der Waals surface area contributed by atoms with Crippen LogP contribution in [0.15, 0.2) is 10.6 Å². The quantitative estimate of drug-likeness (QED) is 0.926. The minimum atomic E-state index is -1.01. The minimum absolute atomic E-state index is 0.0118. The minimum Gasteiger partial charge on any atom is -0.480 e. The van der Waals surface area contributed by atoms with Crippen molar-refractivity contribution in [3.05, 3.63) is 23.0 Å². The highest BCUT2D eigenvalue weighted by Crippen LogP contribution is 2.32. The van der Waals surface area contributed by atoms with Gasteiger partial charge in [-0.25, -0.2) is 9.78 Å². The van der Waals surface area contributed by atoms with E-state index in [1.54, 1.807) is 19.9 Å². The first-order valence-electron chi connectivity index (χ1n) is 7.19. The number of pyridine rings is 1. The smallest absolute Gasteiger partial charge is 0.326 e. The zero-order valence-electron chi connectivity index (χ0n) is 12.7. The highest BCUT2D eigenvalue weighted by atomic mass is 16.5. The third-order valence-corrected chi connectivity index (χ3v) is 3.93. The van der Waals surface area contributed by atoms with E-state index < -0.39 is 12.0 Å². The summed E-state index contributed by atoms with van der Waals surface area (Å²) in [5.74, 6) is -1.32. The van der Waals surface area contributed by atoms with Crippen LogP contribution >= 0.6 is 0 Å².